The van der Waals surface area contributed by atoms with Gasteiger partial charge in [-0.25, -0.2) is 9.18 Å². The second-order valence-electron chi connectivity index (χ2n) is 3.27. The number of halogens is 1. The Kier molecular flexibility index (Phi) is 2.68. The molecule has 0 spiro atoms. The van der Waals surface area contributed by atoms with Crippen molar-refractivity contribution in [3.05, 3.63) is 27.1 Å². The molecule has 2 N–H and O–H groups in total. The van der Waals surface area contributed by atoms with Crippen LogP contribution in [0.25, 0.3) is 0 Å². The average Bonchev–Trinajstić information content (AvgIpc) is 2.58. The summed E-state index contributed by atoms with van der Waals surface area (Å²) in [5.74, 6) is -0.686. The Morgan fingerprint density at radius 1 is 1.67 bits per heavy atom. The highest BCUT2D eigenvalue weighted by molar-refractivity contribution is 7.71. The molecule has 2 heterocycles. The summed E-state index contributed by atoms with van der Waals surface area (Å²) in [5.41, 5.74) is -0.541. The highest BCUT2D eigenvalue weighted by Gasteiger charge is 2.25. The molecule has 0 radical (unpaired) electrons. The Hall–Kier alpha value is -1.05. The predicted molar refractivity (Wildman–Crippen MR) is 51.2 cm³/mol. The summed E-state index contributed by atoms with van der Waals surface area (Å²) in [7, 11) is 0. The van der Waals surface area contributed by atoms with Crippen LogP contribution in [-0.4, -0.2) is 20.9 Å². The van der Waals surface area contributed by atoms with Crippen molar-refractivity contribution in [1.82, 2.24) is 9.55 Å². The van der Waals surface area contributed by atoms with Gasteiger partial charge in [0.15, 0.2) is 12.1 Å². The lowest BCUT2D eigenvalue weighted by Crippen LogP contribution is -2.27. The molecule has 15 heavy (non-hydrogen) atoms. The molecule has 0 aromatic carbocycles. The summed E-state index contributed by atoms with van der Waals surface area (Å²) in [5, 5.41) is 9.11. The van der Waals surface area contributed by atoms with Crippen molar-refractivity contribution in [2.75, 3.05) is 0 Å². The van der Waals surface area contributed by atoms with Crippen molar-refractivity contribution in [2.45, 2.75) is 25.4 Å². The molecule has 82 valence electrons. The number of aromatic amines is 1. The largest absolute Gasteiger partial charge is 0.368 e. The number of aliphatic hydroxyl groups excluding tert-OH is 1. The van der Waals surface area contributed by atoms with E-state index < -0.39 is 24.0 Å². The molecule has 1 fully saturated rings. The van der Waals surface area contributed by atoms with E-state index in [0.29, 0.717) is 12.8 Å². The van der Waals surface area contributed by atoms with Crippen LogP contribution in [0.15, 0.2) is 11.0 Å². The van der Waals surface area contributed by atoms with Crippen LogP contribution in [-0.2, 0) is 4.74 Å². The van der Waals surface area contributed by atoms with Crippen LogP contribution in [0.1, 0.15) is 19.1 Å². The van der Waals surface area contributed by atoms with Crippen LogP contribution in [0.3, 0.4) is 0 Å². The van der Waals surface area contributed by atoms with Gasteiger partial charge in [0.25, 0.3) is 0 Å². The van der Waals surface area contributed by atoms with Gasteiger partial charge >= 0.3 is 5.69 Å². The second-order valence-corrected chi connectivity index (χ2v) is 3.67. The lowest BCUT2D eigenvalue weighted by Gasteiger charge is -2.13. The number of nitrogens with zero attached hydrogens (tertiary/aromatic N) is 1. The first kappa shape index (κ1) is 10.5. The zero-order chi connectivity index (χ0) is 11.0. The highest BCUT2D eigenvalue weighted by atomic mass is 32.1. The summed E-state index contributed by atoms with van der Waals surface area (Å²) < 4.78 is 18.9. The Labute approximate surface area is 89.1 Å². The summed E-state index contributed by atoms with van der Waals surface area (Å²) in [6.07, 6.45) is 0.352. The fraction of sp³-hybridized carbons (Fsp3) is 0.500. The summed E-state index contributed by atoms with van der Waals surface area (Å²) in [6.45, 7) is 0. The maximum Gasteiger partial charge on any atom is 0.328 e. The van der Waals surface area contributed by atoms with Crippen molar-refractivity contribution >= 4 is 12.2 Å². The quantitative estimate of drug-likeness (QED) is 0.698. The molecule has 0 bridgehead atoms. The minimum atomic E-state index is -0.895. The molecule has 0 aliphatic carbocycles. The summed E-state index contributed by atoms with van der Waals surface area (Å²) >= 11 is 4.56. The Balaban J connectivity index is 2.41. The van der Waals surface area contributed by atoms with Crippen molar-refractivity contribution in [3.63, 3.8) is 0 Å². The van der Waals surface area contributed by atoms with E-state index in [9.17, 15) is 9.18 Å². The van der Waals surface area contributed by atoms with Crippen LogP contribution in [0.5, 0.6) is 0 Å². The Morgan fingerprint density at radius 3 is 3.00 bits per heavy atom. The lowest BCUT2D eigenvalue weighted by molar-refractivity contribution is -0.114. The van der Waals surface area contributed by atoms with Crippen LogP contribution in [0, 0.1) is 10.5 Å². The molecule has 1 aliphatic rings. The van der Waals surface area contributed by atoms with Crippen molar-refractivity contribution in [3.8, 4) is 0 Å². The summed E-state index contributed by atoms with van der Waals surface area (Å²) in [4.78, 5) is 13.6. The first-order valence-corrected chi connectivity index (χ1v) is 4.83. The monoisotopic (exact) mass is 232 g/mol. The van der Waals surface area contributed by atoms with Crippen LogP contribution >= 0.6 is 12.2 Å². The molecule has 2 rings (SSSR count). The summed E-state index contributed by atoms with van der Waals surface area (Å²) in [6, 6.07) is 0. The maximum atomic E-state index is 13.1. The zero-order valence-corrected chi connectivity index (χ0v) is 8.46. The minimum absolute atomic E-state index is 0.227. The standard InChI is InChI=1S/C8H9FN2O3S/c9-4-3-11(8(13)10-7(4)15)5-1-2-6(12)14-5/h3,5-6,12H,1-2H2,(H,10,13,15). The maximum absolute atomic E-state index is 13.1. The van der Waals surface area contributed by atoms with Crippen molar-refractivity contribution in [1.29, 1.82) is 0 Å². The van der Waals surface area contributed by atoms with Crippen molar-refractivity contribution < 1.29 is 14.2 Å². The van der Waals surface area contributed by atoms with Gasteiger partial charge in [0, 0.05) is 6.42 Å². The van der Waals surface area contributed by atoms with Gasteiger partial charge in [-0.1, -0.05) is 12.2 Å². The molecule has 0 amide bonds. The number of hydrogen-bond donors (Lipinski definition) is 2. The Bertz CT molecular complexity index is 484. The van der Waals surface area contributed by atoms with Gasteiger partial charge in [0.2, 0.25) is 0 Å². The van der Waals surface area contributed by atoms with E-state index in [1.807, 2.05) is 0 Å². The van der Waals surface area contributed by atoms with Crippen LogP contribution < -0.4 is 5.69 Å². The minimum Gasteiger partial charge on any atom is -0.368 e. The van der Waals surface area contributed by atoms with E-state index in [2.05, 4.69) is 17.2 Å². The van der Waals surface area contributed by atoms with Gasteiger partial charge < -0.3 is 9.84 Å². The number of hydrogen-bond acceptors (Lipinski definition) is 4. The van der Waals surface area contributed by atoms with Gasteiger partial charge in [0.1, 0.15) is 10.9 Å². The van der Waals surface area contributed by atoms with Crippen LogP contribution in [0.2, 0.25) is 0 Å². The SMILES string of the molecule is O=c1[nH]c(=S)c(F)cn1C1CCC(O)O1. The number of H-pyrrole nitrogens is 1. The van der Waals surface area contributed by atoms with Gasteiger partial charge in [-0.2, -0.15) is 0 Å². The highest BCUT2D eigenvalue weighted by Crippen LogP contribution is 2.25. The third-order valence-corrected chi connectivity index (χ3v) is 2.51. The van der Waals surface area contributed by atoms with Gasteiger partial charge in [-0.3, -0.25) is 9.55 Å². The lowest BCUT2D eigenvalue weighted by atomic mass is 10.3. The van der Waals surface area contributed by atoms with E-state index in [4.69, 9.17) is 9.84 Å². The number of aliphatic hydroxyl groups is 1. The zero-order valence-electron chi connectivity index (χ0n) is 7.64. The molecule has 2 atom stereocenters. The molecule has 1 aromatic heterocycles. The van der Waals surface area contributed by atoms with E-state index in [1.165, 1.54) is 0 Å². The molecule has 0 saturated carbocycles. The fourth-order valence-electron chi connectivity index (χ4n) is 1.48. The molecule has 7 heteroatoms. The second kappa shape index (κ2) is 3.84. The van der Waals surface area contributed by atoms with Crippen LogP contribution in [0.4, 0.5) is 4.39 Å². The molecule has 1 saturated heterocycles. The van der Waals surface area contributed by atoms with E-state index in [1.54, 1.807) is 0 Å². The molecular formula is C8H9FN2O3S. The number of aromatic nitrogens is 2. The normalized spacial score (nSPS) is 25.7. The molecule has 1 aliphatic heterocycles. The molecule has 2 unspecified atom stereocenters. The van der Waals surface area contributed by atoms with E-state index in [-0.39, 0.29) is 4.64 Å². The first-order chi connectivity index (χ1) is 7.08. The van der Waals surface area contributed by atoms with Gasteiger partial charge in [0.05, 0.1) is 6.20 Å². The predicted octanol–water partition coefficient (Wildman–Crippen LogP) is 0.672. The smallest absolute Gasteiger partial charge is 0.328 e. The number of nitrogens with one attached hydrogen (secondary N) is 1. The van der Waals surface area contributed by atoms with Gasteiger partial charge in [-0.05, 0) is 6.42 Å². The number of ether oxygens (including phenoxy) is 1. The molecule has 1 aromatic rings. The fourth-order valence-corrected chi connectivity index (χ4v) is 1.62. The molecule has 5 nitrogen and oxygen atoms in total. The van der Waals surface area contributed by atoms with Crippen molar-refractivity contribution in [2.24, 2.45) is 0 Å². The Morgan fingerprint density at radius 2 is 2.40 bits per heavy atom. The number of rotatable bonds is 1. The third-order valence-electron chi connectivity index (χ3n) is 2.21. The van der Waals surface area contributed by atoms with Gasteiger partial charge in [-0.15, -0.1) is 0 Å². The van der Waals surface area contributed by atoms with E-state index >= 15 is 0 Å². The molecular weight excluding hydrogens is 223 g/mol. The third kappa shape index (κ3) is 1.99. The topological polar surface area (TPSA) is 67.2 Å². The average molecular weight is 232 g/mol. The van der Waals surface area contributed by atoms with E-state index in [0.717, 1.165) is 10.8 Å². The first-order valence-electron chi connectivity index (χ1n) is 4.42.